The SMILES string of the molecule is N#CC1=C(c2ccccc2)C=C(c2ccccc2)C1=NO. The first-order valence-corrected chi connectivity index (χ1v) is 6.55. The van der Waals surface area contributed by atoms with Crippen LogP contribution >= 0.6 is 0 Å². The number of oxime groups is 1. The Morgan fingerprint density at radius 3 is 1.95 bits per heavy atom. The number of benzene rings is 2. The van der Waals surface area contributed by atoms with E-state index in [4.69, 9.17) is 0 Å². The van der Waals surface area contributed by atoms with Gasteiger partial charge in [-0.2, -0.15) is 5.26 Å². The second-order valence-electron chi connectivity index (χ2n) is 4.64. The average molecular weight is 272 g/mol. The number of hydrogen-bond acceptors (Lipinski definition) is 3. The molecule has 2 aromatic carbocycles. The lowest BCUT2D eigenvalue weighted by atomic mass is 10.0. The summed E-state index contributed by atoms with van der Waals surface area (Å²) >= 11 is 0. The third kappa shape index (κ3) is 2.24. The van der Waals surface area contributed by atoms with Crippen LogP contribution in [0.25, 0.3) is 11.1 Å². The molecule has 0 unspecified atom stereocenters. The lowest BCUT2D eigenvalue weighted by Gasteiger charge is -2.03. The summed E-state index contributed by atoms with van der Waals surface area (Å²) in [6.07, 6.45) is 1.90. The molecule has 0 amide bonds. The van der Waals surface area contributed by atoms with Crippen LogP contribution in [0.15, 0.2) is 77.5 Å². The number of rotatable bonds is 2. The van der Waals surface area contributed by atoms with Gasteiger partial charge in [0.05, 0.1) is 5.57 Å². The van der Waals surface area contributed by atoms with Gasteiger partial charge in [0.1, 0.15) is 11.8 Å². The Labute approximate surface area is 122 Å². The molecule has 3 nitrogen and oxygen atoms in total. The lowest BCUT2D eigenvalue weighted by Crippen LogP contribution is -2.01. The molecule has 0 radical (unpaired) electrons. The molecule has 3 rings (SSSR count). The zero-order valence-corrected chi connectivity index (χ0v) is 11.2. The highest BCUT2D eigenvalue weighted by Gasteiger charge is 2.26. The van der Waals surface area contributed by atoms with Crippen LogP contribution in [0, 0.1) is 11.3 Å². The van der Waals surface area contributed by atoms with Crippen molar-refractivity contribution in [1.29, 1.82) is 5.26 Å². The summed E-state index contributed by atoms with van der Waals surface area (Å²) in [7, 11) is 0. The van der Waals surface area contributed by atoms with Gasteiger partial charge in [-0.05, 0) is 17.2 Å². The van der Waals surface area contributed by atoms with Gasteiger partial charge in [0, 0.05) is 11.1 Å². The van der Waals surface area contributed by atoms with Crippen molar-refractivity contribution >= 4 is 16.9 Å². The van der Waals surface area contributed by atoms with E-state index in [1.54, 1.807) is 0 Å². The zero-order valence-electron chi connectivity index (χ0n) is 11.2. The van der Waals surface area contributed by atoms with Gasteiger partial charge in [-0.25, -0.2) is 0 Å². The molecular formula is C18H12N2O. The molecule has 1 aliphatic carbocycles. The fraction of sp³-hybridized carbons (Fsp3) is 0. The number of allylic oxidation sites excluding steroid dienone is 4. The van der Waals surface area contributed by atoms with E-state index in [0.717, 1.165) is 22.3 Å². The maximum absolute atomic E-state index is 9.43. The number of nitriles is 1. The van der Waals surface area contributed by atoms with Gasteiger partial charge >= 0.3 is 0 Å². The van der Waals surface area contributed by atoms with Crippen LogP contribution in [0.2, 0.25) is 0 Å². The van der Waals surface area contributed by atoms with Crippen molar-refractivity contribution in [2.45, 2.75) is 0 Å². The van der Waals surface area contributed by atoms with E-state index < -0.39 is 0 Å². The Kier molecular flexibility index (Phi) is 3.36. The first kappa shape index (κ1) is 12.9. The first-order valence-electron chi connectivity index (χ1n) is 6.55. The monoisotopic (exact) mass is 272 g/mol. The molecule has 100 valence electrons. The van der Waals surface area contributed by atoms with E-state index in [1.165, 1.54) is 0 Å². The van der Waals surface area contributed by atoms with Gasteiger partial charge in [-0.1, -0.05) is 65.8 Å². The molecule has 0 saturated heterocycles. The Morgan fingerprint density at radius 2 is 1.43 bits per heavy atom. The van der Waals surface area contributed by atoms with Crippen molar-refractivity contribution in [2.75, 3.05) is 0 Å². The molecule has 0 spiro atoms. The quantitative estimate of drug-likeness (QED) is 0.666. The smallest absolute Gasteiger partial charge is 0.128 e. The second kappa shape index (κ2) is 5.48. The maximum Gasteiger partial charge on any atom is 0.128 e. The largest absolute Gasteiger partial charge is 0.410 e. The normalized spacial score (nSPS) is 16.0. The summed E-state index contributed by atoms with van der Waals surface area (Å²) in [6.45, 7) is 0. The minimum Gasteiger partial charge on any atom is -0.410 e. The summed E-state index contributed by atoms with van der Waals surface area (Å²) in [4.78, 5) is 0. The summed E-state index contributed by atoms with van der Waals surface area (Å²) < 4.78 is 0. The minimum atomic E-state index is 0.322. The fourth-order valence-electron chi connectivity index (χ4n) is 2.45. The summed E-state index contributed by atoms with van der Waals surface area (Å²) in [5, 5.41) is 22.1. The molecule has 0 atom stereocenters. The topological polar surface area (TPSA) is 56.4 Å². The Morgan fingerprint density at radius 1 is 0.857 bits per heavy atom. The first-order chi connectivity index (χ1) is 10.3. The van der Waals surface area contributed by atoms with Crippen molar-refractivity contribution in [2.24, 2.45) is 5.16 Å². The molecule has 3 heteroatoms. The summed E-state index contributed by atoms with van der Waals surface area (Å²) in [5.74, 6) is 0. The highest BCUT2D eigenvalue weighted by molar-refractivity contribution is 6.40. The summed E-state index contributed by atoms with van der Waals surface area (Å²) in [5.41, 5.74) is 4.11. The van der Waals surface area contributed by atoms with Crippen LogP contribution in [0.3, 0.4) is 0 Å². The summed E-state index contributed by atoms with van der Waals surface area (Å²) in [6, 6.07) is 21.4. The van der Waals surface area contributed by atoms with Crippen molar-refractivity contribution in [3.8, 4) is 6.07 Å². The molecule has 0 aliphatic heterocycles. The molecule has 0 heterocycles. The van der Waals surface area contributed by atoms with Crippen LogP contribution < -0.4 is 0 Å². The van der Waals surface area contributed by atoms with Gasteiger partial charge in [0.2, 0.25) is 0 Å². The zero-order chi connectivity index (χ0) is 14.7. The van der Waals surface area contributed by atoms with Crippen molar-refractivity contribution in [1.82, 2.24) is 0 Å². The van der Waals surface area contributed by atoms with Crippen LogP contribution in [0.5, 0.6) is 0 Å². The molecule has 21 heavy (non-hydrogen) atoms. The van der Waals surface area contributed by atoms with Gasteiger partial charge < -0.3 is 5.21 Å². The highest BCUT2D eigenvalue weighted by Crippen LogP contribution is 2.35. The van der Waals surface area contributed by atoms with E-state index in [0.29, 0.717) is 11.3 Å². The maximum atomic E-state index is 9.43. The molecule has 0 aromatic heterocycles. The van der Waals surface area contributed by atoms with Gasteiger partial charge in [-0.3, -0.25) is 0 Å². The van der Waals surface area contributed by atoms with Gasteiger partial charge in [0.25, 0.3) is 0 Å². The predicted molar refractivity (Wildman–Crippen MR) is 82.6 cm³/mol. The molecule has 2 aromatic rings. The standard InChI is InChI=1S/C18H12N2O/c19-12-17-15(13-7-3-1-4-8-13)11-16(18(17)20-21)14-9-5-2-6-10-14/h1-11,21H. The van der Waals surface area contributed by atoms with Crippen molar-refractivity contribution < 1.29 is 5.21 Å². The predicted octanol–water partition coefficient (Wildman–Crippen LogP) is 3.89. The van der Waals surface area contributed by atoms with Crippen LogP contribution in [0.1, 0.15) is 11.1 Å². The molecule has 0 fully saturated rings. The molecule has 0 saturated carbocycles. The molecule has 0 bridgehead atoms. The highest BCUT2D eigenvalue weighted by atomic mass is 16.4. The van der Waals surface area contributed by atoms with E-state index in [9.17, 15) is 10.5 Å². The van der Waals surface area contributed by atoms with E-state index >= 15 is 0 Å². The van der Waals surface area contributed by atoms with Crippen LogP contribution in [-0.2, 0) is 0 Å². The van der Waals surface area contributed by atoms with Crippen LogP contribution in [-0.4, -0.2) is 10.9 Å². The molecular weight excluding hydrogens is 260 g/mol. The third-order valence-corrected chi connectivity index (χ3v) is 3.43. The van der Waals surface area contributed by atoms with E-state index in [1.807, 2.05) is 66.7 Å². The average Bonchev–Trinajstić information content (AvgIpc) is 2.95. The van der Waals surface area contributed by atoms with Gasteiger partial charge in [-0.15, -0.1) is 0 Å². The lowest BCUT2D eigenvalue weighted by molar-refractivity contribution is 0.320. The van der Waals surface area contributed by atoms with E-state index in [2.05, 4.69) is 11.2 Å². The minimum absolute atomic E-state index is 0.322. The Hall–Kier alpha value is -3.12. The number of nitrogens with zero attached hydrogens (tertiary/aromatic N) is 2. The molecule has 1 N–H and O–H groups in total. The Bertz CT molecular complexity index is 794. The third-order valence-electron chi connectivity index (χ3n) is 3.43. The van der Waals surface area contributed by atoms with Crippen molar-refractivity contribution in [3.63, 3.8) is 0 Å². The number of hydrogen-bond donors (Lipinski definition) is 1. The van der Waals surface area contributed by atoms with Crippen LogP contribution in [0.4, 0.5) is 0 Å². The van der Waals surface area contributed by atoms with Crippen molar-refractivity contribution in [3.05, 3.63) is 83.4 Å². The second-order valence-corrected chi connectivity index (χ2v) is 4.64. The molecule has 1 aliphatic rings. The Balaban J connectivity index is 2.17. The van der Waals surface area contributed by atoms with Gasteiger partial charge in [0.15, 0.2) is 0 Å². The van der Waals surface area contributed by atoms with E-state index in [-0.39, 0.29) is 0 Å². The fourth-order valence-corrected chi connectivity index (χ4v) is 2.45.